The predicted molar refractivity (Wildman–Crippen MR) is 61.3 cm³/mol. The van der Waals surface area contributed by atoms with Gasteiger partial charge in [0.15, 0.2) is 0 Å². The molecule has 0 unspecified atom stereocenters. The lowest BCUT2D eigenvalue weighted by molar-refractivity contribution is 0.254. The molecule has 2 amide bonds. The zero-order valence-electron chi connectivity index (χ0n) is 7.47. The van der Waals surface area contributed by atoms with Gasteiger partial charge in [-0.2, -0.15) is 0 Å². The van der Waals surface area contributed by atoms with Gasteiger partial charge in [0.25, 0.3) is 0 Å². The molecule has 76 valence electrons. The van der Waals surface area contributed by atoms with E-state index in [0.717, 1.165) is 16.3 Å². The van der Waals surface area contributed by atoms with Crippen LogP contribution in [0.4, 0.5) is 10.5 Å². The first kappa shape index (κ1) is 11.2. The molecule has 0 aliphatic carbocycles. The summed E-state index contributed by atoms with van der Waals surface area (Å²) >= 11 is 1.76. The van der Waals surface area contributed by atoms with E-state index in [1.165, 1.54) is 0 Å². The molecule has 0 radical (unpaired) electrons. The standard InChI is InChI=1S/C9H10N2OS.ClH/c10-9(12)11-5-6-13-8-4-2-1-3-7(8)11;/h1-4H,5-6H2,(H2,10,12);1H. The number of carbonyl (C=O) groups excluding carboxylic acids is 1. The molecule has 0 saturated heterocycles. The largest absolute Gasteiger partial charge is 0.351 e. The van der Waals surface area contributed by atoms with Gasteiger partial charge in [0.05, 0.1) is 5.69 Å². The highest BCUT2D eigenvalue weighted by Gasteiger charge is 2.19. The molecule has 1 aliphatic heterocycles. The number of nitrogens with two attached hydrogens (primary N) is 1. The van der Waals surface area contributed by atoms with Crippen molar-refractivity contribution in [1.29, 1.82) is 0 Å². The van der Waals surface area contributed by atoms with Crippen LogP contribution in [0.15, 0.2) is 29.2 Å². The van der Waals surface area contributed by atoms with Crippen LogP contribution in [0.1, 0.15) is 0 Å². The minimum Gasteiger partial charge on any atom is -0.351 e. The fraction of sp³-hybridized carbons (Fsp3) is 0.222. The first-order valence-corrected chi connectivity index (χ1v) is 5.06. The number of anilines is 1. The molecule has 3 nitrogen and oxygen atoms in total. The number of rotatable bonds is 0. The normalized spacial score (nSPS) is 14.1. The van der Waals surface area contributed by atoms with Gasteiger partial charge in [0.2, 0.25) is 0 Å². The molecule has 2 rings (SSSR count). The van der Waals surface area contributed by atoms with Crippen molar-refractivity contribution in [2.24, 2.45) is 5.73 Å². The summed E-state index contributed by atoms with van der Waals surface area (Å²) in [6, 6.07) is 7.45. The third kappa shape index (κ3) is 1.96. The van der Waals surface area contributed by atoms with E-state index >= 15 is 0 Å². The number of halogens is 1. The van der Waals surface area contributed by atoms with Crippen molar-refractivity contribution in [3.05, 3.63) is 24.3 Å². The van der Waals surface area contributed by atoms with Crippen molar-refractivity contribution in [2.75, 3.05) is 17.2 Å². The van der Waals surface area contributed by atoms with Gasteiger partial charge in [-0.05, 0) is 12.1 Å². The van der Waals surface area contributed by atoms with Crippen LogP contribution in [0.5, 0.6) is 0 Å². The van der Waals surface area contributed by atoms with E-state index in [0.29, 0.717) is 6.54 Å². The van der Waals surface area contributed by atoms with Crippen LogP contribution in [0.25, 0.3) is 0 Å². The van der Waals surface area contributed by atoms with E-state index in [-0.39, 0.29) is 18.4 Å². The highest BCUT2D eigenvalue weighted by atomic mass is 35.5. The number of primary amides is 1. The third-order valence-corrected chi connectivity index (χ3v) is 3.04. The number of benzene rings is 1. The maximum atomic E-state index is 11.1. The summed E-state index contributed by atoms with van der Waals surface area (Å²) in [7, 11) is 0. The molecule has 1 aromatic carbocycles. The second kappa shape index (κ2) is 4.57. The Morgan fingerprint density at radius 3 is 2.86 bits per heavy atom. The summed E-state index contributed by atoms with van der Waals surface area (Å²) in [5.74, 6) is 0.917. The number of carbonyl (C=O) groups is 1. The molecule has 0 fully saturated rings. The molecule has 2 N–H and O–H groups in total. The Labute approximate surface area is 93.1 Å². The number of hydrogen-bond acceptors (Lipinski definition) is 2. The maximum absolute atomic E-state index is 11.1. The average molecular weight is 231 g/mol. The summed E-state index contributed by atoms with van der Waals surface area (Å²) in [6.45, 7) is 0.705. The first-order chi connectivity index (χ1) is 6.29. The highest BCUT2D eigenvalue weighted by molar-refractivity contribution is 7.99. The Morgan fingerprint density at radius 1 is 1.43 bits per heavy atom. The minimum absolute atomic E-state index is 0. The van der Waals surface area contributed by atoms with Crippen LogP contribution in [0, 0.1) is 0 Å². The number of para-hydroxylation sites is 1. The molecular formula is C9H11ClN2OS. The summed E-state index contributed by atoms with van der Waals surface area (Å²) < 4.78 is 0. The molecule has 0 aromatic heterocycles. The van der Waals surface area contributed by atoms with Gasteiger partial charge in [-0.3, -0.25) is 4.90 Å². The number of thioether (sulfide) groups is 1. The van der Waals surface area contributed by atoms with Gasteiger partial charge in [-0.15, -0.1) is 24.2 Å². The number of hydrogen-bond donors (Lipinski definition) is 1. The third-order valence-electron chi connectivity index (χ3n) is 1.99. The van der Waals surface area contributed by atoms with Gasteiger partial charge < -0.3 is 5.73 Å². The average Bonchev–Trinajstić information content (AvgIpc) is 2.17. The zero-order chi connectivity index (χ0) is 9.26. The van der Waals surface area contributed by atoms with E-state index in [1.807, 2.05) is 24.3 Å². The van der Waals surface area contributed by atoms with E-state index in [9.17, 15) is 4.79 Å². The molecule has 14 heavy (non-hydrogen) atoms. The first-order valence-electron chi connectivity index (χ1n) is 4.08. The Kier molecular flexibility index (Phi) is 3.66. The molecule has 1 aliphatic rings. The summed E-state index contributed by atoms with van der Waals surface area (Å²) in [5, 5.41) is 0. The second-order valence-corrected chi connectivity index (χ2v) is 3.94. The van der Waals surface area contributed by atoms with Gasteiger partial charge in [0, 0.05) is 17.2 Å². The Bertz CT molecular complexity index is 345. The van der Waals surface area contributed by atoms with Gasteiger partial charge >= 0.3 is 6.03 Å². The Hall–Kier alpha value is -0.870. The fourth-order valence-corrected chi connectivity index (χ4v) is 2.39. The van der Waals surface area contributed by atoms with Crippen molar-refractivity contribution < 1.29 is 4.79 Å². The van der Waals surface area contributed by atoms with Crippen molar-refractivity contribution in [3.8, 4) is 0 Å². The molecule has 1 aromatic rings. The summed E-state index contributed by atoms with van der Waals surface area (Å²) in [6.07, 6.45) is 0. The molecule has 0 bridgehead atoms. The monoisotopic (exact) mass is 230 g/mol. The van der Waals surface area contributed by atoms with E-state index < -0.39 is 0 Å². The fourth-order valence-electron chi connectivity index (χ4n) is 1.40. The highest BCUT2D eigenvalue weighted by Crippen LogP contribution is 2.33. The van der Waals surface area contributed by atoms with Crippen molar-refractivity contribution in [3.63, 3.8) is 0 Å². The molecule has 1 heterocycles. The minimum atomic E-state index is -0.368. The lowest BCUT2D eigenvalue weighted by Gasteiger charge is -2.27. The quantitative estimate of drug-likeness (QED) is 0.742. The second-order valence-electron chi connectivity index (χ2n) is 2.81. The van der Waals surface area contributed by atoms with Crippen LogP contribution in [0.2, 0.25) is 0 Å². The van der Waals surface area contributed by atoms with Gasteiger partial charge in [0.1, 0.15) is 0 Å². The smallest absolute Gasteiger partial charge is 0.319 e. The molecular weight excluding hydrogens is 220 g/mol. The van der Waals surface area contributed by atoms with Gasteiger partial charge in [-0.25, -0.2) is 4.79 Å². The Balaban J connectivity index is 0.000000980. The number of urea groups is 1. The lowest BCUT2D eigenvalue weighted by Crippen LogP contribution is -2.39. The van der Waals surface area contributed by atoms with E-state index in [4.69, 9.17) is 5.73 Å². The van der Waals surface area contributed by atoms with Crippen LogP contribution in [-0.2, 0) is 0 Å². The topological polar surface area (TPSA) is 46.3 Å². The molecule has 5 heteroatoms. The maximum Gasteiger partial charge on any atom is 0.319 e. The van der Waals surface area contributed by atoms with Gasteiger partial charge in [-0.1, -0.05) is 12.1 Å². The van der Waals surface area contributed by atoms with Crippen LogP contribution in [0.3, 0.4) is 0 Å². The lowest BCUT2D eigenvalue weighted by atomic mass is 10.3. The van der Waals surface area contributed by atoms with Crippen molar-refractivity contribution >= 4 is 35.9 Å². The van der Waals surface area contributed by atoms with E-state index in [1.54, 1.807) is 16.7 Å². The number of fused-ring (bicyclic) bond motifs is 1. The van der Waals surface area contributed by atoms with Crippen molar-refractivity contribution in [1.82, 2.24) is 0 Å². The molecule has 0 atom stereocenters. The van der Waals surface area contributed by atoms with Crippen LogP contribution >= 0.6 is 24.2 Å². The van der Waals surface area contributed by atoms with Crippen LogP contribution in [-0.4, -0.2) is 18.3 Å². The summed E-state index contributed by atoms with van der Waals surface area (Å²) in [4.78, 5) is 13.8. The SMILES string of the molecule is Cl.NC(=O)N1CCSc2ccccc21. The molecule has 0 saturated carbocycles. The molecule has 0 spiro atoms. The predicted octanol–water partition coefficient (Wildman–Crippen LogP) is 2.10. The zero-order valence-corrected chi connectivity index (χ0v) is 9.11. The summed E-state index contributed by atoms with van der Waals surface area (Å²) in [5.41, 5.74) is 6.20. The van der Waals surface area contributed by atoms with Crippen LogP contribution < -0.4 is 10.6 Å². The number of amides is 2. The number of nitrogens with zero attached hydrogens (tertiary/aromatic N) is 1. The van der Waals surface area contributed by atoms with Crippen molar-refractivity contribution in [2.45, 2.75) is 4.90 Å². The van der Waals surface area contributed by atoms with E-state index in [2.05, 4.69) is 0 Å². The Morgan fingerprint density at radius 2 is 2.14 bits per heavy atom.